The second-order valence-electron chi connectivity index (χ2n) is 4.55. The average Bonchev–Trinajstić information content (AvgIpc) is 2.84. The van der Waals surface area contributed by atoms with E-state index in [1.807, 2.05) is 4.90 Å². The summed E-state index contributed by atoms with van der Waals surface area (Å²) in [5.74, 6) is 0.210. The zero-order chi connectivity index (χ0) is 14.6. The maximum Gasteiger partial charge on any atom is 0.573 e. The van der Waals surface area contributed by atoms with Crippen LogP contribution in [0.15, 0.2) is 24.3 Å². The number of ether oxygens (including phenoxy) is 2. The largest absolute Gasteiger partial charge is 0.573 e. The quantitative estimate of drug-likeness (QED) is 0.780. The Balaban J connectivity index is 1.81. The smallest absolute Gasteiger partial charge is 0.478 e. The molecule has 2 rings (SSSR count). The molecule has 1 fully saturated rings. The van der Waals surface area contributed by atoms with Gasteiger partial charge in [0.1, 0.15) is 24.5 Å². The maximum absolute atomic E-state index is 12.0. The van der Waals surface area contributed by atoms with Gasteiger partial charge in [0, 0.05) is 19.0 Å². The number of alkyl halides is 3. The lowest BCUT2D eigenvalue weighted by atomic mass is 10.1. The molecule has 110 valence electrons. The summed E-state index contributed by atoms with van der Waals surface area (Å²) in [6, 6.07) is 5.21. The third-order valence-electron chi connectivity index (χ3n) is 2.97. The molecule has 0 saturated carbocycles. The first-order valence-corrected chi connectivity index (χ1v) is 6.12. The topological polar surface area (TPSA) is 38.8 Å². The lowest BCUT2D eigenvalue weighted by Crippen LogP contribution is -2.25. The van der Waals surface area contributed by atoms with E-state index in [9.17, 15) is 18.0 Å². The molecule has 1 atom stereocenters. The third kappa shape index (κ3) is 4.41. The van der Waals surface area contributed by atoms with E-state index in [2.05, 4.69) is 4.74 Å². The minimum absolute atomic E-state index is 0.0427. The summed E-state index contributed by atoms with van der Waals surface area (Å²) in [5, 5.41) is 0. The van der Waals surface area contributed by atoms with Crippen molar-refractivity contribution in [1.82, 2.24) is 4.90 Å². The summed E-state index contributed by atoms with van der Waals surface area (Å²) in [6.45, 7) is 1.74. The van der Waals surface area contributed by atoms with Crippen LogP contribution >= 0.6 is 0 Å². The minimum atomic E-state index is -4.69. The molecule has 1 unspecified atom stereocenters. The Morgan fingerprint density at radius 3 is 2.45 bits per heavy atom. The molecule has 1 aliphatic heterocycles. The fourth-order valence-electron chi connectivity index (χ4n) is 1.99. The number of likely N-dealkylation sites (tertiary alicyclic amines) is 1. The van der Waals surface area contributed by atoms with Crippen molar-refractivity contribution in [1.29, 1.82) is 0 Å². The van der Waals surface area contributed by atoms with Gasteiger partial charge in [0.2, 0.25) is 0 Å². The summed E-state index contributed by atoms with van der Waals surface area (Å²) in [6.07, 6.45) is -2.95. The van der Waals surface area contributed by atoms with Crippen molar-refractivity contribution in [3.8, 4) is 11.5 Å². The van der Waals surface area contributed by atoms with Gasteiger partial charge >= 0.3 is 6.36 Å². The van der Waals surface area contributed by atoms with Gasteiger partial charge in [0.05, 0.1) is 0 Å². The molecule has 0 aromatic heterocycles. The Morgan fingerprint density at radius 2 is 1.90 bits per heavy atom. The van der Waals surface area contributed by atoms with Gasteiger partial charge in [-0.05, 0) is 30.7 Å². The Morgan fingerprint density at radius 1 is 1.25 bits per heavy atom. The van der Waals surface area contributed by atoms with Gasteiger partial charge in [-0.1, -0.05) is 0 Å². The van der Waals surface area contributed by atoms with Gasteiger partial charge in [-0.25, -0.2) is 0 Å². The van der Waals surface area contributed by atoms with Crippen molar-refractivity contribution in [2.75, 3.05) is 19.8 Å². The molecule has 7 heteroatoms. The first kappa shape index (κ1) is 14.6. The van der Waals surface area contributed by atoms with Gasteiger partial charge in [0.25, 0.3) is 0 Å². The second kappa shape index (κ2) is 6.13. The standard InChI is InChI=1S/C13H14F3NO3/c14-13(15,16)20-12-3-1-11(2-4-12)19-9-17-6-5-10(7-17)8-18/h1-4,8,10H,5-7,9H2. The van der Waals surface area contributed by atoms with Gasteiger partial charge < -0.3 is 14.3 Å². The van der Waals surface area contributed by atoms with Crippen molar-refractivity contribution in [2.24, 2.45) is 5.92 Å². The third-order valence-corrected chi connectivity index (χ3v) is 2.97. The number of benzene rings is 1. The lowest BCUT2D eigenvalue weighted by molar-refractivity contribution is -0.274. The molecule has 0 N–H and O–H groups in total. The van der Waals surface area contributed by atoms with Crippen LogP contribution in [0.3, 0.4) is 0 Å². The van der Waals surface area contributed by atoms with Crippen molar-refractivity contribution >= 4 is 6.29 Å². The average molecular weight is 289 g/mol. The maximum atomic E-state index is 12.0. The summed E-state index contributed by atoms with van der Waals surface area (Å²) in [5.41, 5.74) is 0. The molecule has 1 saturated heterocycles. The normalized spacial score (nSPS) is 19.9. The van der Waals surface area contributed by atoms with Gasteiger partial charge in [0.15, 0.2) is 0 Å². The number of nitrogens with zero attached hydrogens (tertiary/aromatic N) is 1. The zero-order valence-corrected chi connectivity index (χ0v) is 10.6. The van der Waals surface area contributed by atoms with Crippen LogP contribution in [-0.4, -0.2) is 37.4 Å². The summed E-state index contributed by atoms with van der Waals surface area (Å²) in [4.78, 5) is 12.6. The monoisotopic (exact) mass is 289 g/mol. The van der Waals surface area contributed by atoms with Crippen molar-refractivity contribution in [3.05, 3.63) is 24.3 Å². The molecule has 4 nitrogen and oxygen atoms in total. The highest BCUT2D eigenvalue weighted by molar-refractivity contribution is 5.54. The van der Waals surface area contributed by atoms with Crippen LogP contribution < -0.4 is 9.47 Å². The van der Waals surface area contributed by atoms with Crippen LogP contribution in [0.2, 0.25) is 0 Å². The molecule has 0 radical (unpaired) electrons. The van der Waals surface area contributed by atoms with Gasteiger partial charge in [-0.2, -0.15) is 0 Å². The van der Waals surface area contributed by atoms with E-state index in [-0.39, 0.29) is 11.7 Å². The number of hydrogen-bond donors (Lipinski definition) is 0. The molecule has 0 amide bonds. The number of rotatable bonds is 5. The summed E-state index contributed by atoms with van der Waals surface area (Å²) < 4.78 is 45.1. The molecule has 0 spiro atoms. The van der Waals surface area contributed by atoms with E-state index in [1.54, 1.807) is 0 Å². The van der Waals surface area contributed by atoms with E-state index in [1.165, 1.54) is 24.3 Å². The van der Waals surface area contributed by atoms with Gasteiger partial charge in [-0.15, -0.1) is 13.2 Å². The number of hydrogen-bond acceptors (Lipinski definition) is 4. The van der Waals surface area contributed by atoms with E-state index < -0.39 is 6.36 Å². The highest BCUT2D eigenvalue weighted by Crippen LogP contribution is 2.25. The Labute approximate surface area is 114 Å². The SMILES string of the molecule is O=CC1CCN(COc2ccc(OC(F)(F)F)cc2)C1. The van der Waals surface area contributed by atoms with Crippen LogP contribution in [0.5, 0.6) is 11.5 Å². The first-order chi connectivity index (χ1) is 9.46. The van der Waals surface area contributed by atoms with E-state index in [0.29, 0.717) is 19.0 Å². The number of carbonyl (C=O) groups excluding carboxylic acids is 1. The Kier molecular flexibility index (Phi) is 4.49. The molecule has 20 heavy (non-hydrogen) atoms. The predicted octanol–water partition coefficient (Wildman–Crippen LogP) is 2.44. The number of aldehydes is 1. The van der Waals surface area contributed by atoms with Crippen LogP contribution in [-0.2, 0) is 4.79 Å². The van der Waals surface area contributed by atoms with Crippen molar-refractivity contribution < 1.29 is 27.4 Å². The van der Waals surface area contributed by atoms with Crippen LogP contribution in [0.4, 0.5) is 13.2 Å². The predicted molar refractivity (Wildman–Crippen MR) is 64.4 cm³/mol. The zero-order valence-electron chi connectivity index (χ0n) is 10.6. The summed E-state index contributed by atoms with van der Waals surface area (Å²) >= 11 is 0. The molecule has 0 bridgehead atoms. The van der Waals surface area contributed by atoms with Crippen molar-refractivity contribution in [3.63, 3.8) is 0 Å². The van der Waals surface area contributed by atoms with Gasteiger partial charge in [-0.3, -0.25) is 4.90 Å². The molecule has 1 heterocycles. The molecule has 0 aliphatic carbocycles. The Bertz CT molecular complexity index is 447. The minimum Gasteiger partial charge on any atom is -0.478 e. The Hall–Kier alpha value is -1.76. The van der Waals surface area contributed by atoms with E-state index >= 15 is 0 Å². The van der Waals surface area contributed by atoms with E-state index in [0.717, 1.165) is 19.3 Å². The highest BCUT2D eigenvalue weighted by Gasteiger charge is 2.31. The number of halogens is 3. The fraction of sp³-hybridized carbons (Fsp3) is 0.462. The lowest BCUT2D eigenvalue weighted by Gasteiger charge is -2.16. The molecule has 1 aliphatic rings. The van der Waals surface area contributed by atoms with Crippen LogP contribution in [0.1, 0.15) is 6.42 Å². The fourth-order valence-corrected chi connectivity index (χ4v) is 1.99. The van der Waals surface area contributed by atoms with E-state index in [4.69, 9.17) is 4.74 Å². The molecule has 1 aromatic carbocycles. The first-order valence-electron chi connectivity index (χ1n) is 6.12. The summed E-state index contributed by atoms with van der Waals surface area (Å²) in [7, 11) is 0. The highest BCUT2D eigenvalue weighted by atomic mass is 19.4. The molecular weight excluding hydrogens is 275 g/mol. The van der Waals surface area contributed by atoms with Crippen LogP contribution in [0.25, 0.3) is 0 Å². The second-order valence-corrected chi connectivity index (χ2v) is 4.55. The number of carbonyl (C=O) groups is 1. The molecule has 1 aromatic rings. The van der Waals surface area contributed by atoms with Crippen LogP contribution in [0, 0.1) is 5.92 Å². The molecular formula is C13H14F3NO3. The van der Waals surface area contributed by atoms with Crippen molar-refractivity contribution in [2.45, 2.75) is 12.8 Å².